The predicted molar refractivity (Wildman–Crippen MR) is 51.8 cm³/mol. The van der Waals surface area contributed by atoms with E-state index in [1.165, 1.54) is 0 Å². The van der Waals surface area contributed by atoms with Crippen molar-refractivity contribution in [3.63, 3.8) is 0 Å². The van der Waals surface area contributed by atoms with Crippen molar-refractivity contribution in [3.8, 4) is 0 Å². The Kier molecular flexibility index (Phi) is 9.39. The van der Waals surface area contributed by atoms with Gasteiger partial charge in [0.25, 0.3) is 0 Å². The molecule has 1 aliphatic heterocycles. The van der Waals surface area contributed by atoms with Crippen molar-refractivity contribution < 1.29 is 39.3 Å². The summed E-state index contributed by atoms with van der Waals surface area (Å²) >= 11 is 0. The summed E-state index contributed by atoms with van der Waals surface area (Å²) < 4.78 is 51.8. The first-order chi connectivity index (χ1) is 7.58. The van der Waals surface area contributed by atoms with E-state index >= 15 is 0 Å². The fourth-order valence-corrected chi connectivity index (χ4v) is 1.17. The predicted octanol–water partition coefficient (Wildman–Crippen LogP) is 0.322. The summed E-state index contributed by atoms with van der Waals surface area (Å²) in [7, 11) is 0. The van der Waals surface area contributed by atoms with Gasteiger partial charge >= 0.3 is 0 Å². The van der Waals surface area contributed by atoms with Crippen molar-refractivity contribution in [2.75, 3.05) is 26.2 Å². The Balaban J connectivity index is 0.00000256. The molecule has 4 atom stereocenters. The maximum Gasteiger partial charge on any atom is 0.163 e. The molecule has 0 bridgehead atoms. The molecular formula is C8H15F4N4Ti-. The standard InChI is InChI=1S/C8H15F4N4.Ti/c9-5-1-13-6(10)2-15-8(12)4-16-7(11)3-14-5;/h5-8,13-15H,1-4H2;/q-1;. The minimum Gasteiger partial charge on any atom is -0.628 e. The Morgan fingerprint density at radius 2 is 1.24 bits per heavy atom. The summed E-state index contributed by atoms with van der Waals surface area (Å²) in [4.78, 5) is 0. The van der Waals surface area contributed by atoms with Crippen molar-refractivity contribution in [1.29, 1.82) is 0 Å². The summed E-state index contributed by atoms with van der Waals surface area (Å²) in [5.74, 6) is 0. The maximum absolute atomic E-state index is 13.0. The van der Waals surface area contributed by atoms with Crippen molar-refractivity contribution in [1.82, 2.24) is 16.0 Å². The second-order valence-corrected chi connectivity index (χ2v) is 3.43. The summed E-state index contributed by atoms with van der Waals surface area (Å²) in [6, 6.07) is 0. The molecule has 1 heterocycles. The van der Waals surface area contributed by atoms with Gasteiger partial charge in [0.05, 0.1) is 0 Å². The molecule has 1 aliphatic rings. The molecule has 0 saturated carbocycles. The van der Waals surface area contributed by atoms with Crippen LogP contribution in [0.15, 0.2) is 0 Å². The zero-order valence-corrected chi connectivity index (χ0v) is 10.7. The van der Waals surface area contributed by atoms with Crippen LogP contribution in [0.4, 0.5) is 17.6 Å². The number of hydrogen-bond acceptors (Lipinski definition) is 3. The Morgan fingerprint density at radius 1 is 0.765 bits per heavy atom. The summed E-state index contributed by atoms with van der Waals surface area (Å²) in [5, 5.41) is 9.88. The molecular weight excluding hydrogens is 276 g/mol. The molecule has 17 heavy (non-hydrogen) atoms. The number of halogens is 4. The van der Waals surface area contributed by atoms with E-state index in [4.69, 9.17) is 0 Å². The fraction of sp³-hybridized carbons (Fsp3) is 1.00. The fourth-order valence-electron chi connectivity index (χ4n) is 1.17. The van der Waals surface area contributed by atoms with E-state index in [0.29, 0.717) is 0 Å². The molecule has 1 saturated heterocycles. The van der Waals surface area contributed by atoms with Crippen LogP contribution in [0.1, 0.15) is 0 Å². The smallest absolute Gasteiger partial charge is 0.163 e. The minimum absolute atomic E-state index is 0. The molecule has 0 spiro atoms. The Bertz CT molecular complexity index is 146. The van der Waals surface area contributed by atoms with Gasteiger partial charge in [-0.05, 0) is 0 Å². The van der Waals surface area contributed by atoms with Gasteiger partial charge in [0.2, 0.25) is 0 Å². The minimum atomic E-state index is -1.67. The largest absolute Gasteiger partial charge is 0.628 e. The number of hydrogen-bond donors (Lipinski definition) is 3. The van der Waals surface area contributed by atoms with Gasteiger partial charge in [-0.2, -0.15) is 0 Å². The molecule has 1 rings (SSSR count). The zero-order valence-electron chi connectivity index (χ0n) is 9.10. The van der Waals surface area contributed by atoms with Crippen molar-refractivity contribution in [3.05, 3.63) is 5.32 Å². The van der Waals surface area contributed by atoms with Gasteiger partial charge in [-0.3, -0.25) is 20.3 Å². The molecule has 3 N–H and O–H groups in total. The van der Waals surface area contributed by atoms with Gasteiger partial charge in [0.15, 0.2) is 12.6 Å². The van der Waals surface area contributed by atoms with E-state index in [1.807, 2.05) is 0 Å². The molecule has 9 heteroatoms. The molecule has 0 amide bonds. The second kappa shape index (κ2) is 9.24. The van der Waals surface area contributed by atoms with Crippen LogP contribution in [0.2, 0.25) is 0 Å². The van der Waals surface area contributed by atoms with E-state index in [-0.39, 0.29) is 41.4 Å². The average Bonchev–Trinajstić information content (AvgIpc) is 2.27. The van der Waals surface area contributed by atoms with Crippen molar-refractivity contribution >= 4 is 0 Å². The summed E-state index contributed by atoms with van der Waals surface area (Å²) in [5.41, 5.74) is 0. The van der Waals surface area contributed by atoms with Crippen LogP contribution >= 0.6 is 0 Å². The van der Waals surface area contributed by atoms with E-state index in [0.717, 1.165) is 0 Å². The van der Waals surface area contributed by atoms with Crippen LogP contribution in [0, 0.1) is 0 Å². The monoisotopic (exact) mass is 291 g/mol. The van der Waals surface area contributed by atoms with Gasteiger partial charge in [-0.25, -0.2) is 13.2 Å². The topological polar surface area (TPSA) is 50.2 Å². The maximum atomic E-state index is 13.0. The quantitative estimate of drug-likeness (QED) is 0.342. The zero-order chi connectivity index (χ0) is 12.0. The first kappa shape index (κ1) is 17.3. The molecule has 4 unspecified atom stereocenters. The van der Waals surface area contributed by atoms with E-state index in [9.17, 15) is 17.6 Å². The molecule has 0 aromatic heterocycles. The van der Waals surface area contributed by atoms with E-state index < -0.39 is 31.7 Å². The number of nitrogens with zero attached hydrogens (tertiary/aromatic N) is 1. The van der Waals surface area contributed by atoms with Crippen molar-refractivity contribution in [2.24, 2.45) is 0 Å². The van der Waals surface area contributed by atoms with Crippen molar-refractivity contribution in [2.45, 2.75) is 25.2 Å². The normalized spacial score (nSPS) is 37.4. The number of alkyl halides is 4. The molecule has 1 fully saturated rings. The first-order valence-corrected chi connectivity index (χ1v) is 5.01. The van der Waals surface area contributed by atoms with Crippen LogP contribution in [0.5, 0.6) is 0 Å². The van der Waals surface area contributed by atoms with Crippen LogP contribution in [0.25, 0.3) is 5.32 Å². The van der Waals surface area contributed by atoms with Gasteiger partial charge < -0.3 is 5.32 Å². The van der Waals surface area contributed by atoms with Crippen LogP contribution in [0.3, 0.4) is 0 Å². The third-order valence-corrected chi connectivity index (χ3v) is 2.01. The molecule has 0 aliphatic carbocycles. The second-order valence-electron chi connectivity index (χ2n) is 3.43. The van der Waals surface area contributed by atoms with E-state index in [1.54, 1.807) is 0 Å². The third kappa shape index (κ3) is 8.07. The van der Waals surface area contributed by atoms with Crippen LogP contribution < -0.4 is 16.0 Å². The summed E-state index contributed by atoms with van der Waals surface area (Å²) in [6.45, 7) is -1.41. The molecule has 100 valence electrons. The molecule has 0 aromatic rings. The van der Waals surface area contributed by atoms with Crippen LogP contribution in [-0.2, 0) is 21.7 Å². The first-order valence-electron chi connectivity index (χ1n) is 5.01. The third-order valence-electron chi connectivity index (χ3n) is 2.01. The molecule has 0 aromatic carbocycles. The number of nitrogens with one attached hydrogen (secondary N) is 3. The SMILES string of the molecule is FC1CNC(F)CNC(F)CNC(F)C[N-]1.[Ti]. The van der Waals surface area contributed by atoms with Gasteiger partial charge in [-0.1, -0.05) is 0 Å². The molecule has 4 nitrogen and oxygen atoms in total. The summed E-state index contributed by atoms with van der Waals surface area (Å²) in [6.07, 6.45) is -6.39. The van der Waals surface area contributed by atoms with Gasteiger partial charge in [-0.15, -0.1) is 6.54 Å². The molecule has 0 radical (unpaired) electrons. The van der Waals surface area contributed by atoms with Gasteiger partial charge in [0, 0.05) is 47.6 Å². The van der Waals surface area contributed by atoms with E-state index in [2.05, 4.69) is 21.3 Å². The van der Waals surface area contributed by atoms with Crippen LogP contribution in [-0.4, -0.2) is 51.4 Å². The Labute approximate surface area is 112 Å². The number of rotatable bonds is 0. The Hall–Kier alpha value is 0.274. The Morgan fingerprint density at radius 3 is 1.82 bits per heavy atom. The average molecular weight is 291 g/mol. The van der Waals surface area contributed by atoms with Gasteiger partial charge in [0.1, 0.15) is 6.30 Å².